The molecule has 2 aromatic heterocycles. The first-order valence-corrected chi connectivity index (χ1v) is 13.1. The summed E-state index contributed by atoms with van der Waals surface area (Å²) in [6.07, 6.45) is 3.11. The van der Waals surface area contributed by atoms with Crippen LogP contribution in [0, 0.1) is 6.92 Å². The topological polar surface area (TPSA) is 41.1 Å². The van der Waals surface area contributed by atoms with E-state index in [1.807, 2.05) is 54.5 Å². The molecule has 3 rings (SSSR count). The molecular weight excluding hydrogens is 452 g/mol. The Bertz CT molecular complexity index is 944. The minimum absolute atomic E-state index is 0.746. The van der Waals surface area contributed by atoms with Crippen LogP contribution in [0.4, 0.5) is 10.9 Å². The molecule has 1 aromatic carbocycles. The molecule has 0 saturated heterocycles. The summed E-state index contributed by atoms with van der Waals surface area (Å²) in [7, 11) is 0. The Hall–Kier alpha value is -1.25. The van der Waals surface area contributed by atoms with Gasteiger partial charge in [-0.25, -0.2) is 9.97 Å². The van der Waals surface area contributed by atoms with E-state index in [1.165, 1.54) is 4.90 Å². The van der Waals surface area contributed by atoms with Crippen LogP contribution < -0.4 is 5.32 Å². The minimum atomic E-state index is 0.746. The third kappa shape index (κ3) is 6.89. The number of benzene rings is 1. The van der Waals surface area contributed by atoms with Crippen LogP contribution in [0.25, 0.3) is 0 Å². The molecule has 4 nitrogen and oxygen atoms in total. The van der Waals surface area contributed by atoms with Gasteiger partial charge in [-0.2, -0.15) is 0 Å². The number of aromatic nitrogens is 2. The number of rotatable bonds is 11. The summed E-state index contributed by atoms with van der Waals surface area (Å²) in [5.41, 5.74) is 1.00. The SMILES string of the molecule is CCN(CC)CCCSc1cnc(Nc2nc(C)cs2)c(Sc2ccccc2Cl)c1. The van der Waals surface area contributed by atoms with Crippen molar-refractivity contribution in [3.8, 4) is 0 Å². The molecule has 0 spiro atoms. The number of halogens is 1. The standard InChI is InChI=1S/C22H27ClN4S3/c1-4-27(5-2)11-8-12-28-17-13-20(30-19-10-7-6-9-18(19)23)21(24-14-17)26-22-25-16(3)15-29-22/h6-7,9-10,13-15H,4-5,8,11-12H2,1-3H3,(H,24,25,26). The summed E-state index contributed by atoms with van der Waals surface area (Å²) >= 11 is 11.5. The van der Waals surface area contributed by atoms with E-state index >= 15 is 0 Å². The highest BCUT2D eigenvalue weighted by Gasteiger charge is 2.12. The number of pyridine rings is 1. The third-order valence-corrected chi connectivity index (χ3v) is 7.98. The highest BCUT2D eigenvalue weighted by molar-refractivity contribution is 8.00. The summed E-state index contributed by atoms with van der Waals surface area (Å²) in [4.78, 5) is 14.9. The van der Waals surface area contributed by atoms with Crippen LogP contribution in [-0.2, 0) is 0 Å². The third-order valence-electron chi connectivity index (χ3n) is 4.51. The minimum Gasteiger partial charge on any atom is -0.315 e. The molecule has 0 bridgehead atoms. The molecule has 0 aliphatic rings. The monoisotopic (exact) mass is 478 g/mol. The van der Waals surface area contributed by atoms with Gasteiger partial charge in [0.2, 0.25) is 0 Å². The molecule has 30 heavy (non-hydrogen) atoms. The molecule has 0 aliphatic carbocycles. The number of hydrogen-bond donors (Lipinski definition) is 1. The predicted octanol–water partition coefficient (Wildman–Crippen LogP) is 7.22. The van der Waals surface area contributed by atoms with Gasteiger partial charge < -0.3 is 10.2 Å². The summed E-state index contributed by atoms with van der Waals surface area (Å²) in [6, 6.07) is 10.1. The van der Waals surface area contributed by atoms with Crippen molar-refractivity contribution in [2.45, 2.75) is 41.9 Å². The van der Waals surface area contributed by atoms with Gasteiger partial charge >= 0.3 is 0 Å². The molecule has 160 valence electrons. The van der Waals surface area contributed by atoms with Crippen molar-refractivity contribution in [2.24, 2.45) is 0 Å². The van der Waals surface area contributed by atoms with Crippen LogP contribution in [0.15, 0.2) is 56.6 Å². The second-order valence-electron chi connectivity index (χ2n) is 6.70. The Morgan fingerprint density at radius 1 is 1.17 bits per heavy atom. The van der Waals surface area contributed by atoms with Gasteiger partial charge in [0.1, 0.15) is 5.82 Å². The smallest absolute Gasteiger partial charge is 0.188 e. The second kappa shape index (κ2) is 12.0. The molecule has 3 aromatic rings. The van der Waals surface area contributed by atoms with Gasteiger partial charge in [0.05, 0.1) is 15.6 Å². The van der Waals surface area contributed by atoms with E-state index in [4.69, 9.17) is 16.6 Å². The van der Waals surface area contributed by atoms with Crippen molar-refractivity contribution >= 4 is 57.4 Å². The highest BCUT2D eigenvalue weighted by atomic mass is 35.5. The maximum Gasteiger partial charge on any atom is 0.188 e. The molecule has 2 heterocycles. The van der Waals surface area contributed by atoms with E-state index in [9.17, 15) is 0 Å². The normalized spacial score (nSPS) is 11.2. The lowest BCUT2D eigenvalue weighted by atomic mass is 10.4. The van der Waals surface area contributed by atoms with Crippen molar-refractivity contribution in [2.75, 3.05) is 30.7 Å². The molecule has 0 unspecified atom stereocenters. The zero-order chi connectivity index (χ0) is 21.3. The predicted molar refractivity (Wildman–Crippen MR) is 133 cm³/mol. The highest BCUT2D eigenvalue weighted by Crippen LogP contribution is 2.39. The largest absolute Gasteiger partial charge is 0.315 e. The number of aryl methyl sites for hydroxylation is 1. The van der Waals surface area contributed by atoms with Crippen LogP contribution in [-0.4, -0.2) is 40.3 Å². The Kier molecular flexibility index (Phi) is 9.33. The first-order valence-electron chi connectivity index (χ1n) is 10.1. The molecule has 0 fully saturated rings. The van der Waals surface area contributed by atoms with Crippen LogP contribution in [0.5, 0.6) is 0 Å². The summed E-state index contributed by atoms with van der Waals surface area (Å²) in [5.74, 6) is 1.88. The number of thiazole rings is 1. The van der Waals surface area contributed by atoms with Crippen LogP contribution >= 0.6 is 46.5 Å². The number of nitrogens with one attached hydrogen (secondary N) is 1. The maximum absolute atomic E-state index is 6.41. The van der Waals surface area contributed by atoms with E-state index in [-0.39, 0.29) is 0 Å². The van der Waals surface area contributed by atoms with E-state index in [1.54, 1.807) is 23.1 Å². The van der Waals surface area contributed by atoms with Gasteiger partial charge in [0.25, 0.3) is 0 Å². The summed E-state index contributed by atoms with van der Waals surface area (Å²) in [6.45, 7) is 9.78. The van der Waals surface area contributed by atoms with Gasteiger partial charge in [-0.15, -0.1) is 23.1 Å². The number of thioether (sulfide) groups is 1. The Labute approximate surface area is 196 Å². The van der Waals surface area contributed by atoms with Crippen molar-refractivity contribution in [3.05, 3.63) is 52.6 Å². The maximum atomic E-state index is 6.41. The molecule has 1 N–H and O–H groups in total. The number of nitrogens with zero attached hydrogens (tertiary/aromatic N) is 3. The summed E-state index contributed by atoms with van der Waals surface area (Å²) in [5, 5.41) is 7.00. The fourth-order valence-electron chi connectivity index (χ4n) is 2.85. The van der Waals surface area contributed by atoms with Crippen molar-refractivity contribution in [1.29, 1.82) is 0 Å². The zero-order valence-electron chi connectivity index (χ0n) is 17.5. The van der Waals surface area contributed by atoms with E-state index < -0.39 is 0 Å². The van der Waals surface area contributed by atoms with Crippen molar-refractivity contribution in [1.82, 2.24) is 14.9 Å². The molecule has 0 radical (unpaired) electrons. The van der Waals surface area contributed by atoms with Gasteiger partial charge in [0, 0.05) is 21.4 Å². The van der Waals surface area contributed by atoms with Crippen LogP contribution in [0.3, 0.4) is 0 Å². The average molecular weight is 479 g/mol. The average Bonchev–Trinajstić information content (AvgIpc) is 3.16. The lowest BCUT2D eigenvalue weighted by Crippen LogP contribution is -2.24. The van der Waals surface area contributed by atoms with E-state index in [0.29, 0.717) is 0 Å². The van der Waals surface area contributed by atoms with Gasteiger partial charge in [-0.1, -0.05) is 49.3 Å². The number of anilines is 2. The quantitative estimate of drug-likeness (QED) is 0.232. The summed E-state index contributed by atoms with van der Waals surface area (Å²) < 4.78 is 0. The van der Waals surface area contributed by atoms with Gasteiger partial charge in [0.15, 0.2) is 5.13 Å². The van der Waals surface area contributed by atoms with E-state index in [2.05, 4.69) is 35.1 Å². The molecule has 0 aliphatic heterocycles. The fraction of sp³-hybridized carbons (Fsp3) is 0.364. The zero-order valence-corrected chi connectivity index (χ0v) is 20.7. The van der Waals surface area contributed by atoms with Crippen molar-refractivity contribution < 1.29 is 0 Å². The molecule has 0 amide bonds. The second-order valence-corrected chi connectivity index (χ2v) is 10.2. The van der Waals surface area contributed by atoms with E-state index in [0.717, 1.165) is 63.3 Å². The Morgan fingerprint density at radius 2 is 1.97 bits per heavy atom. The first-order chi connectivity index (χ1) is 14.6. The van der Waals surface area contributed by atoms with Crippen LogP contribution in [0.2, 0.25) is 5.02 Å². The number of hydrogen-bond acceptors (Lipinski definition) is 7. The first kappa shape index (κ1) is 23.4. The molecule has 8 heteroatoms. The lowest BCUT2D eigenvalue weighted by Gasteiger charge is -2.17. The van der Waals surface area contributed by atoms with Crippen molar-refractivity contribution in [3.63, 3.8) is 0 Å². The molecular formula is C22H27ClN4S3. The Balaban J connectivity index is 1.74. The lowest BCUT2D eigenvalue weighted by molar-refractivity contribution is 0.305. The Morgan fingerprint density at radius 3 is 2.67 bits per heavy atom. The van der Waals surface area contributed by atoms with Crippen LogP contribution in [0.1, 0.15) is 26.0 Å². The van der Waals surface area contributed by atoms with Gasteiger partial charge in [-0.3, -0.25) is 0 Å². The molecule has 0 saturated carbocycles. The fourth-order valence-corrected chi connectivity index (χ4v) is 5.64. The van der Waals surface area contributed by atoms with Gasteiger partial charge in [-0.05, 0) is 56.9 Å². The molecule has 0 atom stereocenters.